The van der Waals surface area contributed by atoms with Crippen molar-refractivity contribution in [1.29, 1.82) is 0 Å². The first-order valence-electron chi connectivity index (χ1n) is 9.24. The third-order valence-corrected chi connectivity index (χ3v) is 4.54. The summed E-state index contributed by atoms with van der Waals surface area (Å²) in [6, 6.07) is 17.4. The summed E-state index contributed by atoms with van der Waals surface area (Å²) in [5, 5.41) is 7.58. The topological polar surface area (TPSA) is 81.4 Å². The Balaban J connectivity index is 1.57. The highest BCUT2D eigenvalue weighted by Crippen LogP contribution is 2.26. The van der Waals surface area contributed by atoms with E-state index in [-0.39, 0.29) is 0 Å². The molecular weight excluding hydrogens is 368 g/mol. The van der Waals surface area contributed by atoms with Gasteiger partial charge in [0.15, 0.2) is 0 Å². The molecule has 0 radical (unpaired) electrons. The Bertz CT molecular complexity index is 1100. The van der Waals surface area contributed by atoms with Gasteiger partial charge in [0, 0.05) is 23.6 Å². The van der Waals surface area contributed by atoms with Crippen LogP contribution in [-0.2, 0) is 13.1 Å². The van der Waals surface area contributed by atoms with Crippen LogP contribution < -0.4 is 20.1 Å². The van der Waals surface area contributed by atoms with Gasteiger partial charge in [-0.1, -0.05) is 12.1 Å². The first-order chi connectivity index (χ1) is 14.3. The number of hydrogen-bond acceptors (Lipinski definition) is 7. The van der Waals surface area contributed by atoms with Crippen LogP contribution in [0, 0.1) is 0 Å². The van der Waals surface area contributed by atoms with Gasteiger partial charge in [-0.3, -0.25) is 0 Å². The summed E-state index contributed by atoms with van der Waals surface area (Å²) in [6.07, 6.45) is 1.66. The van der Waals surface area contributed by atoms with Crippen molar-refractivity contribution in [3.63, 3.8) is 0 Å². The van der Waals surface area contributed by atoms with Gasteiger partial charge in [0.25, 0.3) is 0 Å². The third-order valence-electron chi connectivity index (χ3n) is 4.54. The van der Waals surface area contributed by atoms with Crippen LogP contribution >= 0.6 is 0 Å². The van der Waals surface area contributed by atoms with Crippen molar-refractivity contribution in [3.8, 4) is 11.5 Å². The van der Waals surface area contributed by atoms with Crippen LogP contribution in [0.25, 0.3) is 10.9 Å². The molecule has 0 aliphatic rings. The van der Waals surface area contributed by atoms with Crippen LogP contribution in [0.15, 0.2) is 65.3 Å². The molecule has 7 heteroatoms. The number of para-hydroxylation sites is 1. The molecule has 7 nitrogen and oxygen atoms in total. The molecule has 2 N–H and O–H groups in total. The second-order valence-corrected chi connectivity index (χ2v) is 6.38. The number of benzene rings is 2. The maximum atomic E-state index is 5.47. The largest absolute Gasteiger partial charge is 0.497 e. The van der Waals surface area contributed by atoms with E-state index in [0.29, 0.717) is 19.0 Å². The normalized spacial score (nSPS) is 10.7. The van der Waals surface area contributed by atoms with Gasteiger partial charge in [0.2, 0.25) is 5.95 Å². The quantitative estimate of drug-likeness (QED) is 0.459. The van der Waals surface area contributed by atoms with Gasteiger partial charge in [0.1, 0.15) is 23.1 Å². The number of ether oxygens (including phenoxy) is 2. The smallest absolute Gasteiger partial charge is 0.225 e. The highest BCUT2D eigenvalue weighted by Gasteiger charge is 2.10. The lowest BCUT2D eigenvalue weighted by molar-refractivity contribution is 0.391. The Morgan fingerprint density at radius 1 is 0.897 bits per heavy atom. The molecular formula is C22H22N4O3. The molecule has 0 amide bonds. The fourth-order valence-corrected chi connectivity index (χ4v) is 3.05. The van der Waals surface area contributed by atoms with E-state index < -0.39 is 0 Å². The van der Waals surface area contributed by atoms with Gasteiger partial charge in [0.05, 0.1) is 32.5 Å². The Kier molecular flexibility index (Phi) is 5.47. The molecule has 4 aromatic rings. The van der Waals surface area contributed by atoms with Crippen molar-refractivity contribution in [2.24, 2.45) is 0 Å². The molecule has 2 aromatic heterocycles. The van der Waals surface area contributed by atoms with Crippen molar-refractivity contribution >= 4 is 22.7 Å². The summed E-state index contributed by atoms with van der Waals surface area (Å²) in [4.78, 5) is 9.30. The van der Waals surface area contributed by atoms with Crippen LogP contribution in [0.5, 0.6) is 11.5 Å². The SMILES string of the molecule is COc1ccc(CNc2nc(NCc3ccco3)c3ccccc3n2)c(OC)c1. The number of aromatic nitrogens is 2. The minimum absolute atomic E-state index is 0.517. The van der Waals surface area contributed by atoms with E-state index in [4.69, 9.17) is 13.9 Å². The zero-order valence-electron chi connectivity index (χ0n) is 16.3. The maximum Gasteiger partial charge on any atom is 0.225 e. The summed E-state index contributed by atoms with van der Waals surface area (Å²) in [6.45, 7) is 1.06. The lowest BCUT2D eigenvalue weighted by Crippen LogP contribution is -2.08. The van der Waals surface area contributed by atoms with E-state index in [2.05, 4.69) is 20.6 Å². The van der Waals surface area contributed by atoms with E-state index >= 15 is 0 Å². The van der Waals surface area contributed by atoms with Crippen LogP contribution in [0.1, 0.15) is 11.3 Å². The predicted molar refractivity (Wildman–Crippen MR) is 112 cm³/mol. The molecule has 0 aliphatic carbocycles. The summed E-state index contributed by atoms with van der Waals surface area (Å²) in [7, 11) is 3.27. The number of rotatable bonds is 8. The summed E-state index contributed by atoms with van der Waals surface area (Å²) < 4.78 is 16.1. The third kappa shape index (κ3) is 4.24. The Morgan fingerprint density at radius 2 is 1.79 bits per heavy atom. The van der Waals surface area contributed by atoms with Crippen molar-refractivity contribution < 1.29 is 13.9 Å². The molecule has 0 saturated heterocycles. The van der Waals surface area contributed by atoms with Gasteiger partial charge in [-0.2, -0.15) is 4.98 Å². The lowest BCUT2D eigenvalue weighted by Gasteiger charge is -2.13. The molecule has 29 heavy (non-hydrogen) atoms. The van der Waals surface area contributed by atoms with E-state index in [1.807, 2.05) is 54.6 Å². The number of methoxy groups -OCH3 is 2. The van der Waals surface area contributed by atoms with Gasteiger partial charge < -0.3 is 24.5 Å². The van der Waals surface area contributed by atoms with Crippen molar-refractivity contribution in [1.82, 2.24) is 9.97 Å². The van der Waals surface area contributed by atoms with E-state index in [1.165, 1.54) is 0 Å². The van der Waals surface area contributed by atoms with Crippen molar-refractivity contribution in [2.75, 3.05) is 24.9 Å². The second-order valence-electron chi connectivity index (χ2n) is 6.38. The first-order valence-corrected chi connectivity index (χ1v) is 9.24. The minimum atomic E-state index is 0.517. The predicted octanol–water partition coefficient (Wildman–Crippen LogP) is 4.46. The molecule has 4 rings (SSSR count). The van der Waals surface area contributed by atoms with Crippen LogP contribution in [0.4, 0.5) is 11.8 Å². The van der Waals surface area contributed by atoms with E-state index in [9.17, 15) is 0 Å². The number of nitrogens with one attached hydrogen (secondary N) is 2. The molecule has 0 bridgehead atoms. The van der Waals surface area contributed by atoms with Crippen LogP contribution in [0.3, 0.4) is 0 Å². The van der Waals surface area contributed by atoms with Crippen LogP contribution in [-0.4, -0.2) is 24.2 Å². The average Bonchev–Trinajstić information content (AvgIpc) is 3.29. The van der Waals surface area contributed by atoms with Gasteiger partial charge >= 0.3 is 0 Å². The standard InChI is InChI=1S/C22H22N4O3/c1-27-16-10-9-15(20(12-16)28-2)13-24-22-25-19-8-4-3-7-18(19)21(26-22)23-14-17-6-5-11-29-17/h3-12H,13-14H2,1-2H3,(H2,23,24,25,26). The first kappa shape index (κ1) is 18.6. The lowest BCUT2D eigenvalue weighted by atomic mass is 10.2. The van der Waals surface area contributed by atoms with Gasteiger partial charge in [-0.15, -0.1) is 0 Å². The highest BCUT2D eigenvalue weighted by atomic mass is 16.5. The minimum Gasteiger partial charge on any atom is -0.497 e. The summed E-state index contributed by atoms with van der Waals surface area (Å²) >= 11 is 0. The Labute approximate surface area is 168 Å². The monoisotopic (exact) mass is 390 g/mol. The molecule has 0 atom stereocenters. The number of furan rings is 1. The number of anilines is 2. The van der Waals surface area contributed by atoms with E-state index in [0.717, 1.165) is 39.5 Å². The van der Waals surface area contributed by atoms with Crippen LogP contribution in [0.2, 0.25) is 0 Å². The molecule has 2 aromatic carbocycles. The molecule has 0 fully saturated rings. The molecule has 0 saturated carbocycles. The molecule has 0 aliphatic heterocycles. The molecule has 2 heterocycles. The maximum absolute atomic E-state index is 5.47. The number of nitrogens with zero attached hydrogens (tertiary/aromatic N) is 2. The molecule has 0 spiro atoms. The zero-order valence-corrected chi connectivity index (χ0v) is 16.3. The average molecular weight is 390 g/mol. The fourth-order valence-electron chi connectivity index (χ4n) is 3.05. The molecule has 148 valence electrons. The number of fused-ring (bicyclic) bond motifs is 1. The molecule has 0 unspecified atom stereocenters. The fraction of sp³-hybridized carbons (Fsp3) is 0.182. The number of hydrogen-bond donors (Lipinski definition) is 2. The Hall–Kier alpha value is -3.74. The highest BCUT2D eigenvalue weighted by molar-refractivity contribution is 5.90. The van der Waals surface area contributed by atoms with Gasteiger partial charge in [-0.05, 0) is 36.4 Å². The van der Waals surface area contributed by atoms with E-state index in [1.54, 1.807) is 20.5 Å². The second kappa shape index (κ2) is 8.52. The summed E-state index contributed by atoms with van der Waals surface area (Å²) in [5.74, 6) is 3.61. The summed E-state index contributed by atoms with van der Waals surface area (Å²) in [5.41, 5.74) is 1.84. The van der Waals surface area contributed by atoms with Crippen molar-refractivity contribution in [2.45, 2.75) is 13.1 Å². The van der Waals surface area contributed by atoms with Gasteiger partial charge in [-0.25, -0.2) is 4.98 Å². The Morgan fingerprint density at radius 3 is 2.59 bits per heavy atom. The zero-order chi connectivity index (χ0) is 20.1. The van der Waals surface area contributed by atoms with Crippen molar-refractivity contribution in [3.05, 3.63) is 72.2 Å².